The minimum absolute atomic E-state index is 0.0424. The predicted molar refractivity (Wildman–Crippen MR) is 178 cm³/mol. The molecular weight excluding hydrogens is 683 g/mol. The molecule has 13 nitrogen and oxygen atoms in total. The summed E-state index contributed by atoms with van der Waals surface area (Å²) in [5, 5.41) is 32.6. The van der Waals surface area contributed by atoms with E-state index < -0.39 is 52.5 Å². The smallest absolute Gasteiger partial charge is 0.353 e. The largest absolute Gasteiger partial charge is 0.477 e. The molecule has 0 bridgehead atoms. The summed E-state index contributed by atoms with van der Waals surface area (Å²) in [4.78, 5) is 63.7. The molecule has 2 saturated carbocycles. The van der Waals surface area contributed by atoms with Gasteiger partial charge < -0.3 is 26.0 Å². The minimum atomic E-state index is -1.79. The van der Waals surface area contributed by atoms with Gasteiger partial charge in [0.05, 0.1) is 46.2 Å². The van der Waals surface area contributed by atoms with Crippen molar-refractivity contribution in [1.82, 2.24) is 20.1 Å². The number of nitrogens with two attached hydrogens (primary N) is 1. The standard InChI is InChI=1S/C35H28Cl2N8O5/c1-33(14-19-2-4-20(16-38)5-3-19)31(50)44(24-12-22(36)11-23(37)13-24)32-43(18-25(28(46)47)45(32)33)27-15-35(27,29(40)48)30(49)42-34(7-8-34)26-10-21(17-39)6-9-41-26/h2-6,9-13,18,27,32H,7-8,14-15H2,1H3,(H2,40,48)(H,42,49)(H,46,47)/t27?,32?,33-,35?/m1/s1. The van der Waals surface area contributed by atoms with Gasteiger partial charge in [0.2, 0.25) is 11.8 Å². The number of aromatic nitrogens is 1. The van der Waals surface area contributed by atoms with Gasteiger partial charge in [-0.3, -0.25) is 24.3 Å². The Hall–Kier alpha value is -5.63. The number of carboxylic acids is 1. The molecule has 0 spiro atoms. The fraction of sp³-hybridized carbons (Fsp3) is 0.286. The van der Waals surface area contributed by atoms with Gasteiger partial charge in [0, 0.05) is 28.9 Å². The summed E-state index contributed by atoms with van der Waals surface area (Å²) < 4.78 is 0. The lowest BCUT2D eigenvalue weighted by atomic mass is 9.90. The number of aliphatic carboxylic acids is 1. The van der Waals surface area contributed by atoms with E-state index in [4.69, 9.17) is 28.9 Å². The van der Waals surface area contributed by atoms with Gasteiger partial charge >= 0.3 is 5.97 Å². The number of rotatable bonds is 9. The Morgan fingerprint density at radius 1 is 1.04 bits per heavy atom. The first-order valence-electron chi connectivity index (χ1n) is 15.6. The van der Waals surface area contributed by atoms with Crippen LogP contribution in [0.25, 0.3) is 0 Å². The average Bonchev–Trinajstić information content (AvgIpc) is 3.98. The molecule has 2 aliphatic heterocycles. The second-order valence-electron chi connectivity index (χ2n) is 13.2. The molecule has 3 unspecified atom stereocenters. The first-order chi connectivity index (χ1) is 23.8. The third-order valence-electron chi connectivity index (χ3n) is 10.1. The predicted octanol–water partition coefficient (Wildman–Crippen LogP) is 3.36. The van der Waals surface area contributed by atoms with E-state index in [0.29, 0.717) is 35.2 Å². The van der Waals surface area contributed by atoms with Crippen molar-refractivity contribution in [3.8, 4) is 12.1 Å². The second-order valence-corrected chi connectivity index (χ2v) is 14.1. The summed E-state index contributed by atoms with van der Waals surface area (Å²) in [5.41, 5.74) is 3.73. The third-order valence-corrected chi connectivity index (χ3v) is 10.5. The van der Waals surface area contributed by atoms with Crippen molar-refractivity contribution in [1.29, 1.82) is 10.5 Å². The van der Waals surface area contributed by atoms with Crippen molar-refractivity contribution < 1.29 is 24.3 Å². The van der Waals surface area contributed by atoms with Crippen LogP contribution in [0.2, 0.25) is 10.0 Å². The molecule has 252 valence electrons. The zero-order chi connectivity index (χ0) is 35.7. The number of carbonyl (C=O) groups excluding carboxylic acids is 3. The Morgan fingerprint density at radius 3 is 2.28 bits per heavy atom. The topological polar surface area (TPSA) is 197 Å². The maximum absolute atomic E-state index is 14.7. The number of anilines is 1. The molecule has 4 N–H and O–H groups in total. The summed E-state index contributed by atoms with van der Waals surface area (Å²) in [6.07, 6.45) is 2.68. The van der Waals surface area contributed by atoms with Crippen molar-refractivity contribution in [2.45, 2.75) is 56.0 Å². The van der Waals surface area contributed by atoms with Gasteiger partial charge in [0.25, 0.3) is 5.91 Å². The van der Waals surface area contributed by atoms with Gasteiger partial charge in [-0.05, 0) is 74.2 Å². The van der Waals surface area contributed by atoms with E-state index in [1.807, 2.05) is 0 Å². The van der Waals surface area contributed by atoms with Crippen LogP contribution >= 0.6 is 23.2 Å². The van der Waals surface area contributed by atoms with Gasteiger partial charge in [-0.25, -0.2) is 4.79 Å². The highest BCUT2D eigenvalue weighted by Crippen LogP contribution is 2.57. The Kier molecular flexibility index (Phi) is 7.55. The number of nitrogens with one attached hydrogen (secondary N) is 1. The lowest BCUT2D eigenvalue weighted by molar-refractivity contribution is -0.138. The van der Waals surface area contributed by atoms with Crippen LogP contribution in [-0.4, -0.2) is 61.5 Å². The first kappa shape index (κ1) is 32.9. The first-order valence-corrected chi connectivity index (χ1v) is 16.3. The molecular formula is C35H28Cl2N8O5. The van der Waals surface area contributed by atoms with E-state index in [2.05, 4.69) is 22.4 Å². The normalized spacial score (nSPS) is 25.7. The molecule has 3 fully saturated rings. The van der Waals surface area contributed by atoms with Gasteiger partial charge in [-0.1, -0.05) is 35.3 Å². The fourth-order valence-corrected chi connectivity index (χ4v) is 7.76. The van der Waals surface area contributed by atoms with Crippen molar-refractivity contribution in [3.05, 3.63) is 105 Å². The molecule has 4 atom stereocenters. The highest BCUT2D eigenvalue weighted by molar-refractivity contribution is 6.35. The monoisotopic (exact) mass is 710 g/mol. The fourth-order valence-electron chi connectivity index (χ4n) is 7.25. The van der Waals surface area contributed by atoms with Gasteiger partial charge in [-0.15, -0.1) is 0 Å². The summed E-state index contributed by atoms with van der Waals surface area (Å²) >= 11 is 12.8. The maximum Gasteiger partial charge on any atom is 0.353 e. The number of nitriles is 2. The van der Waals surface area contributed by atoms with Crippen LogP contribution in [0.15, 0.2) is 72.7 Å². The van der Waals surface area contributed by atoms with E-state index in [1.54, 1.807) is 43.3 Å². The summed E-state index contributed by atoms with van der Waals surface area (Å²) in [6.45, 7) is 1.62. The van der Waals surface area contributed by atoms with Crippen LogP contribution in [0.1, 0.15) is 48.6 Å². The van der Waals surface area contributed by atoms with E-state index in [0.717, 1.165) is 0 Å². The molecule has 1 aromatic heterocycles. The Labute approximate surface area is 296 Å². The number of hydrogen-bond acceptors (Lipinski definition) is 9. The molecule has 2 aromatic carbocycles. The molecule has 2 aliphatic carbocycles. The number of primary amides is 1. The van der Waals surface area contributed by atoms with Crippen LogP contribution in [0.5, 0.6) is 0 Å². The SMILES string of the molecule is C[C@@]1(Cc2ccc(C#N)cc2)C(=O)N(c2cc(Cl)cc(Cl)c2)C2N(C3CC3(C(N)=O)C(=O)NC3(c4cc(C#N)ccn4)CC3)C=C(C(=O)O)N21. The van der Waals surface area contributed by atoms with Crippen LogP contribution in [0.4, 0.5) is 5.69 Å². The average molecular weight is 712 g/mol. The van der Waals surface area contributed by atoms with Crippen LogP contribution in [0, 0.1) is 28.1 Å². The number of halogens is 2. The molecule has 15 heteroatoms. The lowest BCUT2D eigenvalue weighted by Gasteiger charge is -2.37. The third kappa shape index (κ3) is 5.00. The van der Waals surface area contributed by atoms with Gasteiger partial charge in [-0.2, -0.15) is 10.5 Å². The Morgan fingerprint density at radius 2 is 1.70 bits per heavy atom. The zero-order valence-corrected chi connectivity index (χ0v) is 27.9. The van der Waals surface area contributed by atoms with Gasteiger partial charge in [0.15, 0.2) is 6.29 Å². The van der Waals surface area contributed by atoms with Gasteiger partial charge in [0.1, 0.15) is 16.7 Å². The number of benzene rings is 2. The molecule has 3 heterocycles. The van der Waals surface area contributed by atoms with Crippen LogP contribution in [0.3, 0.4) is 0 Å². The molecule has 0 radical (unpaired) electrons. The Balaban J connectivity index is 1.29. The van der Waals surface area contributed by atoms with Crippen molar-refractivity contribution in [2.24, 2.45) is 11.1 Å². The summed E-state index contributed by atoms with van der Waals surface area (Å²) in [5.74, 6) is -3.41. The molecule has 1 saturated heterocycles. The molecule has 3 amide bonds. The van der Waals surface area contributed by atoms with Crippen molar-refractivity contribution in [2.75, 3.05) is 4.90 Å². The van der Waals surface area contributed by atoms with Crippen LogP contribution in [-0.2, 0) is 31.1 Å². The minimum Gasteiger partial charge on any atom is -0.477 e. The van der Waals surface area contributed by atoms with E-state index in [-0.39, 0.29) is 34.3 Å². The summed E-state index contributed by atoms with van der Waals surface area (Å²) in [7, 11) is 0. The number of fused-ring (bicyclic) bond motifs is 1. The number of hydrogen-bond donors (Lipinski definition) is 3. The van der Waals surface area contributed by atoms with E-state index >= 15 is 0 Å². The zero-order valence-electron chi connectivity index (χ0n) is 26.4. The molecule has 3 aromatic rings. The number of nitrogens with zero attached hydrogens (tertiary/aromatic N) is 6. The van der Waals surface area contributed by atoms with E-state index in [9.17, 15) is 34.8 Å². The number of carboxylic acid groups (broad SMARTS) is 1. The number of carbonyl (C=O) groups is 4. The quantitative estimate of drug-likeness (QED) is 0.277. The summed E-state index contributed by atoms with van der Waals surface area (Å²) in [6, 6.07) is 17.5. The Bertz CT molecular complexity index is 2100. The highest BCUT2D eigenvalue weighted by Gasteiger charge is 2.72. The van der Waals surface area contributed by atoms with Crippen molar-refractivity contribution in [3.63, 3.8) is 0 Å². The molecule has 7 rings (SSSR count). The lowest BCUT2D eigenvalue weighted by Crippen LogP contribution is -2.53. The van der Waals surface area contributed by atoms with Crippen LogP contribution < -0.4 is 16.0 Å². The van der Waals surface area contributed by atoms with Crippen molar-refractivity contribution >= 4 is 52.6 Å². The molecule has 50 heavy (non-hydrogen) atoms. The number of amides is 3. The van der Waals surface area contributed by atoms with E-state index in [1.165, 1.54) is 45.3 Å². The number of pyridine rings is 1. The second kappa shape index (κ2) is 11.5. The maximum atomic E-state index is 14.7. The molecule has 4 aliphatic rings. The highest BCUT2D eigenvalue weighted by atomic mass is 35.5.